The third-order valence-corrected chi connectivity index (χ3v) is 8.09. The molecule has 0 atom stereocenters. The lowest BCUT2D eigenvalue weighted by Crippen LogP contribution is -2.48. The molecule has 1 aliphatic rings. The molecule has 0 amide bonds. The maximum absolute atomic E-state index is 13.0. The molecule has 0 bridgehead atoms. The van der Waals surface area contributed by atoms with Gasteiger partial charge in [-0.05, 0) is 24.6 Å². The van der Waals surface area contributed by atoms with E-state index in [4.69, 9.17) is 4.52 Å². The zero-order valence-corrected chi connectivity index (χ0v) is 16.7. The molecule has 3 aromatic rings. The van der Waals surface area contributed by atoms with Crippen LogP contribution in [-0.2, 0) is 16.6 Å². The van der Waals surface area contributed by atoms with Gasteiger partial charge in [0.15, 0.2) is 5.76 Å². The van der Waals surface area contributed by atoms with Crippen molar-refractivity contribution < 1.29 is 12.9 Å². The van der Waals surface area contributed by atoms with E-state index in [0.29, 0.717) is 23.1 Å². The largest absolute Gasteiger partial charge is 0.355 e. The maximum atomic E-state index is 13.0. The van der Waals surface area contributed by atoms with Crippen LogP contribution in [-0.4, -0.2) is 49.0 Å². The zero-order valence-electron chi connectivity index (χ0n) is 15.0. The Morgan fingerprint density at radius 3 is 2.48 bits per heavy atom. The van der Waals surface area contributed by atoms with Gasteiger partial charge in [0, 0.05) is 38.8 Å². The molecule has 8 heteroatoms. The first kappa shape index (κ1) is 18.4. The number of nitrogens with zero attached hydrogens (tertiary/aromatic N) is 3. The van der Waals surface area contributed by atoms with Crippen molar-refractivity contribution in [3.63, 3.8) is 0 Å². The molecule has 6 nitrogen and oxygen atoms in total. The van der Waals surface area contributed by atoms with E-state index in [2.05, 4.69) is 22.2 Å². The number of hydrogen-bond acceptors (Lipinski definition) is 6. The van der Waals surface area contributed by atoms with Crippen molar-refractivity contribution in [2.45, 2.75) is 17.7 Å². The summed E-state index contributed by atoms with van der Waals surface area (Å²) in [5, 5.41) is 3.86. The minimum atomic E-state index is -3.48. The smallest absolute Gasteiger partial charge is 0.252 e. The SMILES string of the molecule is Cc1cc(-c2ccc(S(=O)(=O)N3CCN(Cc4ccccc4)CC3)s2)on1. The highest BCUT2D eigenvalue weighted by atomic mass is 32.2. The number of piperazine rings is 1. The lowest BCUT2D eigenvalue weighted by Gasteiger charge is -2.33. The number of rotatable bonds is 5. The average Bonchev–Trinajstić information content (AvgIpc) is 3.32. The highest BCUT2D eigenvalue weighted by Gasteiger charge is 2.30. The van der Waals surface area contributed by atoms with E-state index in [1.165, 1.54) is 16.9 Å². The van der Waals surface area contributed by atoms with E-state index >= 15 is 0 Å². The van der Waals surface area contributed by atoms with Gasteiger partial charge in [-0.3, -0.25) is 4.90 Å². The molecule has 142 valence electrons. The molecule has 0 N–H and O–H groups in total. The van der Waals surface area contributed by atoms with E-state index in [0.717, 1.165) is 30.2 Å². The van der Waals surface area contributed by atoms with Crippen molar-refractivity contribution in [2.75, 3.05) is 26.2 Å². The first-order valence-electron chi connectivity index (χ1n) is 8.82. The molecule has 1 aliphatic heterocycles. The van der Waals surface area contributed by atoms with Gasteiger partial charge in [0.05, 0.1) is 10.6 Å². The number of thiophene rings is 1. The van der Waals surface area contributed by atoms with Crippen LogP contribution >= 0.6 is 11.3 Å². The summed E-state index contributed by atoms with van der Waals surface area (Å²) < 4.78 is 33.1. The molecule has 0 unspecified atom stereocenters. The van der Waals surface area contributed by atoms with Gasteiger partial charge in [-0.15, -0.1) is 11.3 Å². The van der Waals surface area contributed by atoms with Crippen LogP contribution in [0.25, 0.3) is 10.6 Å². The predicted molar refractivity (Wildman–Crippen MR) is 105 cm³/mol. The van der Waals surface area contributed by atoms with Gasteiger partial charge in [0.1, 0.15) is 4.21 Å². The van der Waals surface area contributed by atoms with Gasteiger partial charge >= 0.3 is 0 Å². The Bertz CT molecular complexity index is 1000. The second-order valence-electron chi connectivity index (χ2n) is 6.62. The summed E-state index contributed by atoms with van der Waals surface area (Å²) >= 11 is 1.23. The molecule has 3 heterocycles. The van der Waals surface area contributed by atoms with Crippen LogP contribution in [0.3, 0.4) is 0 Å². The van der Waals surface area contributed by atoms with E-state index in [1.54, 1.807) is 16.4 Å². The second-order valence-corrected chi connectivity index (χ2v) is 9.87. The first-order valence-corrected chi connectivity index (χ1v) is 11.1. The quantitative estimate of drug-likeness (QED) is 0.654. The minimum absolute atomic E-state index is 0.350. The van der Waals surface area contributed by atoms with Gasteiger partial charge in [-0.1, -0.05) is 35.5 Å². The molecule has 0 spiro atoms. The van der Waals surface area contributed by atoms with Crippen molar-refractivity contribution in [3.8, 4) is 10.6 Å². The first-order chi connectivity index (χ1) is 13.0. The van der Waals surface area contributed by atoms with Gasteiger partial charge in [-0.2, -0.15) is 4.31 Å². The fourth-order valence-corrected chi connectivity index (χ4v) is 6.00. The summed E-state index contributed by atoms with van der Waals surface area (Å²) in [5.74, 6) is 0.603. The van der Waals surface area contributed by atoms with E-state index in [9.17, 15) is 8.42 Å². The summed E-state index contributed by atoms with van der Waals surface area (Å²) in [6.07, 6.45) is 0. The van der Waals surface area contributed by atoms with E-state index < -0.39 is 10.0 Å². The lowest BCUT2D eigenvalue weighted by molar-refractivity contribution is 0.182. The Balaban J connectivity index is 1.42. The molecule has 0 saturated carbocycles. The Morgan fingerprint density at radius 2 is 1.81 bits per heavy atom. The maximum Gasteiger partial charge on any atom is 0.252 e. The summed E-state index contributed by atoms with van der Waals surface area (Å²) in [5.41, 5.74) is 2.02. The van der Waals surface area contributed by atoms with E-state index in [-0.39, 0.29) is 0 Å². The van der Waals surface area contributed by atoms with Crippen molar-refractivity contribution in [2.24, 2.45) is 0 Å². The zero-order chi connectivity index (χ0) is 18.9. The summed E-state index contributed by atoms with van der Waals surface area (Å²) in [6.45, 7) is 5.16. The Hall–Kier alpha value is -2.00. The van der Waals surface area contributed by atoms with Crippen LogP contribution in [0.1, 0.15) is 11.3 Å². The average molecular weight is 404 g/mol. The number of aryl methyl sites for hydroxylation is 1. The fourth-order valence-electron chi connectivity index (χ4n) is 3.17. The highest BCUT2D eigenvalue weighted by Crippen LogP contribution is 2.33. The third kappa shape index (κ3) is 3.98. The Kier molecular flexibility index (Phi) is 5.14. The fraction of sp³-hybridized carbons (Fsp3) is 0.316. The van der Waals surface area contributed by atoms with Crippen LogP contribution in [0.2, 0.25) is 0 Å². The van der Waals surface area contributed by atoms with Crippen LogP contribution in [0, 0.1) is 6.92 Å². The van der Waals surface area contributed by atoms with Crippen molar-refractivity contribution in [3.05, 3.63) is 59.8 Å². The molecular formula is C19H21N3O3S2. The standard InChI is InChI=1S/C19H21N3O3S2/c1-15-13-17(25-20-15)18-7-8-19(26-18)27(23,24)22-11-9-21(10-12-22)14-16-5-3-2-4-6-16/h2-8,13H,9-12,14H2,1H3. The molecule has 1 saturated heterocycles. The number of hydrogen-bond donors (Lipinski definition) is 0. The second kappa shape index (κ2) is 7.55. The monoisotopic (exact) mass is 403 g/mol. The molecular weight excluding hydrogens is 382 g/mol. The molecule has 0 aliphatic carbocycles. The molecule has 27 heavy (non-hydrogen) atoms. The van der Waals surface area contributed by atoms with Crippen LogP contribution < -0.4 is 0 Å². The summed E-state index contributed by atoms with van der Waals surface area (Å²) in [6, 6.07) is 15.5. The highest BCUT2D eigenvalue weighted by molar-refractivity contribution is 7.91. The predicted octanol–water partition coefficient (Wildman–Crippen LogP) is 3.22. The van der Waals surface area contributed by atoms with Gasteiger partial charge < -0.3 is 4.52 Å². The molecule has 0 radical (unpaired) electrons. The van der Waals surface area contributed by atoms with Crippen molar-refractivity contribution in [1.82, 2.24) is 14.4 Å². The van der Waals surface area contributed by atoms with Crippen molar-refractivity contribution >= 4 is 21.4 Å². The van der Waals surface area contributed by atoms with E-state index in [1.807, 2.05) is 31.2 Å². The van der Waals surface area contributed by atoms with Gasteiger partial charge in [0.25, 0.3) is 10.0 Å². The molecule has 1 aromatic carbocycles. The van der Waals surface area contributed by atoms with Crippen LogP contribution in [0.5, 0.6) is 0 Å². The Labute approximate surface area is 163 Å². The number of sulfonamides is 1. The summed E-state index contributed by atoms with van der Waals surface area (Å²) in [4.78, 5) is 3.07. The van der Waals surface area contributed by atoms with Crippen LogP contribution in [0.15, 0.2) is 57.3 Å². The normalized spacial score (nSPS) is 16.6. The summed E-state index contributed by atoms with van der Waals surface area (Å²) in [7, 11) is -3.48. The molecule has 2 aromatic heterocycles. The third-order valence-electron chi connectivity index (χ3n) is 4.63. The number of aromatic nitrogens is 1. The molecule has 4 rings (SSSR count). The van der Waals surface area contributed by atoms with Gasteiger partial charge in [0.2, 0.25) is 0 Å². The number of benzene rings is 1. The molecule has 1 fully saturated rings. The Morgan fingerprint density at radius 1 is 1.07 bits per heavy atom. The minimum Gasteiger partial charge on any atom is -0.355 e. The van der Waals surface area contributed by atoms with Crippen molar-refractivity contribution in [1.29, 1.82) is 0 Å². The van der Waals surface area contributed by atoms with Gasteiger partial charge in [-0.25, -0.2) is 8.42 Å². The lowest BCUT2D eigenvalue weighted by atomic mass is 10.2. The topological polar surface area (TPSA) is 66.7 Å². The van der Waals surface area contributed by atoms with Crippen LogP contribution in [0.4, 0.5) is 0 Å².